The van der Waals surface area contributed by atoms with Crippen LogP contribution in [0.3, 0.4) is 0 Å². The van der Waals surface area contributed by atoms with Gasteiger partial charge in [-0.05, 0) is 47.0 Å². The lowest BCUT2D eigenvalue weighted by atomic mass is 10.2. The molecule has 0 spiro atoms. The van der Waals surface area contributed by atoms with Gasteiger partial charge in [-0.15, -0.1) is 0 Å². The van der Waals surface area contributed by atoms with Crippen LogP contribution in [0.5, 0.6) is 0 Å². The third-order valence-electron chi connectivity index (χ3n) is 1.92. The molecule has 0 heterocycles. The average Bonchev–Trinajstić information content (AvgIpc) is 2.14. The molecule has 0 aromatic heterocycles. The van der Waals surface area contributed by atoms with Gasteiger partial charge in [0.05, 0.1) is 4.90 Å². The molecule has 0 radical (unpaired) electrons. The molecule has 15 heavy (non-hydrogen) atoms. The monoisotopic (exact) mass is 291 g/mol. The van der Waals surface area contributed by atoms with Crippen LogP contribution in [-0.4, -0.2) is 15.0 Å². The zero-order valence-corrected chi connectivity index (χ0v) is 11.2. The van der Waals surface area contributed by atoms with E-state index in [2.05, 4.69) is 20.7 Å². The summed E-state index contributed by atoms with van der Waals surface area (Å²) in [6.45, 7) is 4.30. The van der Waals surface area contributed by atoms with Crippen LogP contribution in [0.1, 0.15) is 18.9 Å². The topological polar surface area (TPSA) is 46.2 Å². The van der Waals surface area contributed by atoms with Crippen molar-refractivity contribution < 1.29 is 8.42 Å². The van der Waals surface area contributed by atoms with Crippen LogP contribution in [0.2, 0.25) is 0 Å². The second-order valence-electron chi connectivity index (χ2n) is 3.33. The lowest BCUT2D eigenvalue weighted by molar-refractivity contribution is 0.580. The molecule has 0 fully saturated rings. The molecule has 0 saturated carbocycles. The molecule has 5 heteroatoms. The number of nitrogens with one attached hydrogen (secondary N) is 1. The van der Waals surface area contributed by atoms with Crippen LogP contribution >= 0.6 is 15.9 Å². The van der Waals surface area contributed by atoms with Gasteiger partial charge >= 0.3 is 0 Å². The van der Waals surface area contributed by atoms with Gasteiger partial charge in [-0.3, -0.25) is 0 Å². The van der Waals surface area contributed by atoms with Crippen molar-refractivity contribution in [2.75, 3.05) is 6.54 Å². The summed E-state index contributed by atoms with van der Waals surface area (Å²) in [5.41, 5.74) is 1.02. The van der Waals surface area contributed by atoms with Crippen molar-refractivity contribution in [1.29, 1.82) is 0 Å². The first-order valence-corrected chi connectivity index (χ1v) is 7.01. The number of halogens is 1. The molecule has 1 aromatic carbocycles. The molecular formula is C10H14BrNO2S. The van der Waals surface area contributed by atoms with Gasteiger partial charge in [0.15, 0.2) is 0 Å². The van der Waals surface area contributed by atoms with Gasteiger partial charge in [0.25, 0.3) is 0 Å². The maximum atomic E-state index is 11.8. The highest BCUT2D eigenvalue weighted by molar-refractivity contribution is 9.10. The largest absolute Gasteiger partial charge is 0.241 e. The van der Waals surface area contributed by atoms with E-state index < -0.39 is 10.0 Å². The molecule has 0 aliphatic rings. The number of aryl methyl sites for hydroxylation is 1. The number of rotatable bonds is 4. The van der Waals surface area contributed by atoms with Crippen molar-refractivity contribution in [3.05, 3.63) is 28.2 Å². The third kappa shape index (κ3) is 3.29. The molecule has 0 aliphatic carbocycles. The fourth-order valence-electron chi connectivity index (χ4n) is 1.14. The van der Waals surface area contributed by atoms with Crippen LogP contribution in [0, 0.1) is 6.92 Å². The van der Waals surface area contributed by atoms with Crippen LogP contribution < -0.4 is 4.72 Å². The average molecular weight is 292 g/mol. The summed E-state index contributed by atoms with van der Waals surface area (Å²) in [5.74, 6) is 0. The minimum Gasteiger partial charge on any atom is -0.211 e. The van der Waals surface area contributed by atoms with E-state index in [1.807, 2.05) is 13.8 Å². The number of sulfonamides is 1. The normalized spacial score (nSPS) is 11.7. The summed E-state index contributed by atoms with van der Waals surface area (Å²) < 4.78 is 26.7. The zero-order valence-electron chi connectivity index (χ0n) is 8.75. The van der Waals surface area contributed by atoms with Crippen molar-refractivity contribution in [2.24, 2.45) is 0 Å². The molecular weight excluding hydrogens is 278 g/mol. The first kappa shape index (κ1) is 12.7. The number of benzene rings is 1. The predicted molar refractivity (Wildman–Crippen MR) is 64.4 cm³/mol. The molecule has 0 atom stereocenters. The molecule has 1 N–H and O–H groups in total. The molecule has 0 saturated heterocycles. The van der Waals surface area contributed by atoms with E-state index in [-0.39, 0.29) is 0 Å². The van der Waals surface area contributed by atoms with E-state index in [9.17, 15) is 8.42 Å². The zero-order chi connectivity index (χ0) is 11.5. The van der Waals surface area contributed by atoms with Gasteiger partial charge in [0, 0.05) is 11.0 Å². The highest BCUT2D eigenvalue weighted by Gasteiger charge is 2.16. The lowest BCUT2D eigenvalue weighted by Gasteiger charge is -2.07. The summed E-state index contributed by atoms with van der Waals surface area (Å²) in [7, 11) is -3.37. The van der Waals surface area contributed by atoms with Gasteiger partial charge in [0.2, 0.25) is 10.0 Å². The SMILES string of the molecule is CCCNS(=O)(=O)c1ccc(C)cc1Br. The molecule has 1 aromatic rings. The van der Waals surface area contributed by atoms with Crippen molar-refractivity contribution in [3.63, 3.8) is 0 Å². The van der Waals surface area contributed by atoms with E-state index in [1.54, 1.807) is 18.2 Å². The van der Waals surface area contributed by atoms with Crippen LogP contribution in [0.25, 0.3) is 0 Å². The minimum absolute atomic E-state index is 0.293. The summed E-state index contributed by atoms with van der Waals surface area (Å²) in [4.78, 5) is 0.293. The van der Waals surface area contributed by atoms with Crippen LogP contribution in [0.15, 0.2) is 27.6 Å². The van der Waals surface area contributed by atoms with E-state index in [0.717, 1.165) is 12.0 Å². The first-order chi connectivity index (χ1) is 6.97. The number of hydrogen-bond acceptors (Lipinski definition) is 2. The summed E-state index contributed by atoms with van der Waals surface area (Å²) in [6.07, 6.45) is 0.780. The van der Waals surface area contributed by atoms with Gasteiger partial charge < -0.3 is 0 Å². The first-order valence-electron chi connectivity index (χ1n) is 4.73. The van der Waals surface area contributed by atoms with Gasteiger partial charge in [-0.2, -0.15) is 0 Å². The van der Waals surface area contributed by atoms with E-state index >= 15 is 0 Å². The molecule has 84 valence electrons. The van der Waals surface area contributed by atoms with Gasteiger partial charge in [-0.25, -0.2) is 13.1 Å². The summed E-state index contributed by atoms with van der Waals surface area (Å²) >= 11 is 3.26. The predicted octanol–water partition coefficient (Wildman–Crippen LogP) is 2.45. The van der Waals surface area contributed by atoms with E-state index in [1.165, 1.54) is 0 Å². The Morgan fingerprint density at radius 2 is 2.07 bits per heavy atom. The van der Waals surface area contributed by atoms with Crippen LogP contribution in [0.4, 0.5) is 0 Å². The summed E-state index contributed by atoms with van der Waals surface area (Å²) in [5, 5.41) is 0. The van der Waals surface area contributed by atoms with Crippen molar-refractivity contribution in [1.82, 2.24) is 4.72 Å². The highest BCUT2D eigenvalue weighted by Crippen LogP contribution is 2.22. The Hall–Kier alpha value is -0.390. The van der Waals surface area contributed by atoms with Crippen molar-refractivity contribution in [3.8, 4) is 0 Å². The maximum absolute atomic E-state index is 11.8. The second-order valence-corrected chi connectivity index (χ2v) is 5.92. The Morgan fingerprint density at radius 1 is 1.40 bits per heavy atom. The molecule has 0 aliphatic heterocycles. The molecule has 1 rings (SSSR count). The Labute approximate surface area is 99.1 Å². The van der Waals surface area contributed by atoms with Crippen LogP contribution in [-0.2, 0) is 10.0 Å². The van der Waals surface area contributed by atoms with E-state index in [4.69, 9.17) is 0 Å². The Bertz CT molecular complexity index is 443. The number of hydrogen-bond donors (Lipinski definition) is 1. The van der Waals surface area contributed by atoms with Crippen molar-refractivity contribution >= 4 is 26.0 Å². The molecule has 0 amide bonds. The highest BCUT2D eigenvalue weighted by atomic mass is 79.9. The van der Waals surface area contributed by atoms with E-state index in [0.29, 0.717) is 15.9 Å². The fourth-order valence-corrected chi connectivity index (χ4v) is 3.46. The molecule has 0 unspecified atom stereocenters. The van der Waals surface area contributed by atoms with Crippen molar-refractivity contribution in [2.45, 2.75) is 25.2 Å². The second kappa shape index (κ2) is 5.09. The lowest BCUT2D eigenvalue weighted by Crippen LogP contribution is -2.24. The smallest absolute Gasteiger partial charge is 0.211 e. The standard InChI is InChI=1S/C10H14BrNO2S/c1-3-6-12-15(13,14)10-5-4-8(2)7-9(10)11/h4-5,7,12H,3,6H2,1-2H3. The quantitative estimate of drug-likeness (QED) is 0.926. The summed E-state index contributed by atoms with van der Waals surface area (Å²) in [6, 6.07) is 5.18. The Morgan fingerprint density at radius 3 is 2.60 bits per heavy atom. The molecule has 3 nitrogen and oxygen atoms in total. The Kier molecular flexibility index (Phi) is 4.31. The fraction of sp³-hybridized carbons (Fsp3) is 0.400. The molecule has 0 bridgehead atoms. The third-order valence-corrected chi connectivity index (χ3v) is 4.36. The van der Waals surface area contributed by atoms with Gasteiger partial charge in [-0.1, -0.05) is 13.0 Å². The Balaban J connectivity index is 3.05. The maximum Gasteiger partial charge on any atom is 0.241 e. The van der Waals surface area contributed by atoms with Gasteiger partial charge in [0.1, 0.15) is 0 Å². The minimum atomic E-state index is -3.37.